The Bertz CT molecular complexity index is 1080. The molecule has 3 atom stereocenters. The summed E-state index contributed by atoms with van der Waals surface area (Å²) >= 11 is 0. The number of nitrogens with one attached hydrogen (secondary N) is 1. The minimum absolute atomic E-state index is 0.307. The van der Waals surface area contributed by atoms with Crippen LogP contribution in [0.1, 0.15) is 48.5 Å². The smallest absolute Gasteiger partial charge is 0.333 e. The number of anilines is 1. The Morgan fingerprint density at radius 2 is 1.87 bits per heavy atom. The molecule has 4 rings (SSSR count). The second-order valence-electron chi connectivity index (χ2n) is 7.86. The molecule has 0 aliphatic carbocycles. The van der Waals surface area contributed by atoms with E-state index in [1.165, 1.54) is 0 Å². The number of aryl methyl sites for hydroxylation is 2. The highest BCUT2D eigenvalue weighted by atomic mass is 16.7. The zero-order valence-electron chi connectivity index (χ0n) is 18.8. The van der Waals surface area contributed by atoms with E-state index in [4.69, 9.17) is 14.6 Å². The number of hydrogen-bond acceptors (Lipinski definition) is 6. The third kappa shape index (κ3) is 3.68. The third-order valence-corrected chi connectivity index (χ3v) is 6.20. The van der Waals surface area contributed by atoms with Crippen LogP contribution in [0, 0.1) is 19.8 Å². The molecule has 7 heteroatoms. The maximum atomic E-state index is 13.4. The lowest BCUT2D eigenvalue weighted by molar-refractivity contribution is -0.199. The van der Waals surface area contributed by atoms with Crippen LogP contribution in [0.25, 0.3) is 5.65 Å². The van der Waals surface area contributed by atoms with Crippen molar-refractivity contribution in [3.8, 4) is 0 Å². The maximum absolute atomic E-state index is 13.4. The van der Waals surface area contributed by atoms with E-state index in [1.807, 2.05) is 63.4 Å². The van der Waals surface area contributed by atoms with E-state index in [0.29, 0.717) is 13.1 Å². The quantitative estimate of drug-likeness (QED) is 0.600. The number of aromatic nitrogens is 2. The molecule has 0 amide bonds. The zero-order valence-corrected chi connectivity index (χ0v) is 18.8. The average molecular weight is 423 g/mol. The van der Waals surface area contributed by atoms with Crippen LogP contribution in [-0.4, -0.2) is 40.6 Å². The van der Waals surface area contributed by atoms with Gasteiger partial charge >= 0.3 is 5.97 Å². The number of benzene rings is 1. The molecule has 1 aliphatic heterocycles. The molecular formula is C24H30N4O3. The van der Waals surface area contributed by atoms with Gasteiger partial charge in [0, 0.05) is 37.7 Å². The van der Waals surface area contributed by atoms with Gasteiger partial charge in [0.2, 0.25) is 0 Å². The summed E-state index contributed by atoms with van der Waals surface area (Å²) in [5.74, 6) is -0.863. The van der Waals surface area contributed by atoms with Gasteiger partial charge in [-0.05, 0) is 39.3 Å². The highest BCUT2D eigenvalue weighted by Crippen LogP contribution is 2.47. The van der Waals surface area contributed by atoms with Crippen molar-refractivity contribution < 1.29 is 14.4 Å². The molecule has 0 saturated carbocycles. The van der Waals surface area contributed by atoms with Gasteiger partial charge in [0.1, 0.15) is 5.92 Å². The molecule has 0 radical (unpaired) electrons. The summed E-state index contributed by atoms with van der Waals surface area (Å²) in [6.07, 6.45) is 1.53. The molecule has 0 spiro atoms. The van der Waals surface area contributed by atoms with Crippen molar-refractivity contribution in [2.24, 2.45) is 5.92 Å². The molecule has 0 unspecified atom stereocenters. The van der Waals surface area contributed by atoms with Crippen molar-refractivity contribution in [3.63, 3.8) is 0 Å². The van der Waals surface area contributed by atoms with Crippen LogP contribution in [0.4, 0.5) is 5.69 Å². The van der Waals surface area contributed by atoms with Crippen LogP contribution in [0.3, 0.4) is 0 Å². The fraction of sp³-hybridized carbons (Fsp3) is 0.417. The highest BCUT2D eigenvalue weighted by Gasteiger charge is 2.45. The monoisotopic (exact) mass is 422 g/mol. The van der Waals surface area contributed by atoms with Crippen LogP contribution in [-0.2, 0) is 14.4 Å². The number of rotatable bonds is 6. The van der Waals surface area contributed by atoms with Gasteiger partial charge in [0.25, 0.3) is 0 Å². The number of hydrogen-bond donors (Lipinski definition) is 1. The van der Waals surface area contributed by atoms with Crippen LogP contribution in [0.15, 0.2) is 42.6 Å². The van der Waals surface area contributed by atoms with E-state index in [-0.39, 0.29) is 12.0 Å². The van der Waals surface area contributed by atoms with Gasteiger partial charge < -0.3 is 19.3 Å². The number of hydroxylamine groups is 2. The molecule has 3 aromatic rings. The summed E-state index contributed by atoms with van der Waals surface area (Å²) in [5, 5.41) is 5.28. The van der Waals surface area contributed by atoms with Gasteiger partial charge in [0.05, 0.1) is 23.5 Å². The lowest BCUT2D eigenvalue weighted by Crippen LogP contribution is -2.41. The maximum Gasteiger partial charge on any atom is 0.333 e. The second-order valence-corrected chi connectivity index (χ2v) is 7.86. The lowest BCUT2D eigenvalue weighted by Gasteiger charge is -2.39. The van der Waals surface area contributed by atoms with Gasteiger partial charge in [-0.25, -0.2) is 9.78 Å². The van der Waals surface area contributed by atoms with Crippen molar-refractivity contribution in [3.05, 3.63) is 65.1 Å². The normalized spacial score (nSPS) is 20.5. The Balaban J connectivity index is 1.86. The SMILES string of the molecule is CCN(CC)OC(=O)[C@@H]1[C@H](c2ccccc2)Nc2c(ccn3c(C)c(C)nc23)[C@@H]1OC. The number of carbonyl (C=O) groups excluding carboxylic acids is 1. The number of fused-ring (bicyclic) bond motifs is 3. The van der Waals surface area contributed by atoms with E-state index in [0.717, 1.165) is 33.8 Å². The van der Waals surface area contributed by atoms with Gasteiger partial charge in [-0.1, -0.05) is 30.3 Å². The van der Waals surface area contributed by atoms with Crippen LogP contribution >= 0.6 is 0 Å². The van der Waals surface area contributed by atoms with E-state index >= 15 is 0 Å². The van der Waals surface area contributed by atoms with E-state index in [9.17, 15) is 4.79 Å². The molecule has 7 nitrogen and oxygen atoms in total. The number of nitrogens with zero attached hydrogens (tertiary/aromatic N) is 3. The summed E-state index contributed by atoms with van der Waals surface area (Å²) in [5.41, 5.74) is 5.71. The van der Waals surface area contributed by atoms with Gasteiger partial charge in [-0.15, -0.1) is 5.06 Å². The molecule has 164 valence electrons. The van der Waals surface area contributed by atoms with Gasteiger partial charge in [0.15, 0.2) is 5.65 Å². The van der Waals surface area contributed by atoms with Gasteiger partial charge in [-0.2, -0.15) is 0 Å². The molecule has 2 aromatic heterocycles. The van der Waals surface area contributed by atoms with Crippen molar-refractivity contribution in [1.29, 1.82) is 0 Å². The second kappa shape index (κ2) is 8.69. The van der Waals surface area contributed by atoms with Crippen molar-refractivity contribution in [2.45, 2.75) is 39.8 Å². The Morgan fingerprint density at radius 3 is 2.52 bits per heavy atom. The Hall–Kier alpha value is -2.90. The molecule has 1 aliphatic rings. The predicted molar refractivity (Wildman–Crippen MR) is 120 cm³/mol. The number of methoxy groups -OCH3 is 1. The summed E-state index contributed by atoms with van der Waals surface area (Å²) in [7, 11) is 1.64. The van der Waals surface area contributed by atoms with Crippen molar-refractivity contribution in [1.82, 2.24) is 14.4 Å². The molecule has 3 heterocycles. The van der Waals surface area contributed by atoms with Crippen molar-refractivity contribution in [2.75, 3.05) is 25.5 Å². The Morgan fingerprint density at radius 1 is 1.16 bits per heavy atom. The molecular weight excluding hydrogens is 392 g/mol. The fourth-order valence-electron chi connectivity index (χ4n) is 4.38. The topological polar surface area (TPSA) is 68.1 Å². The first-order valence-corrected chi connectivity index (χ1v) is 10.8. The minimum Gasteiger partial charge on any atom is -0.376 e. The summed E-state index contributed by atoms with van der Waals surface area (Å²) in [4.78, 5) is 23.9. The molecule has 31 heavy (non-hydrogen) atoms. The summed E-state index contributed by atoms with van der Waals surface area (Å²) in [6.45, 7) is 9.24. The number of ether oxygens (including phenoxy) is 1. The summed E-state index contributed by atoms with van der Waals surface area (Å²) < 4.78 is 8.02. The number of imidazole rings is 1. The Labute approximate surface area is 182 Å². The largest absolute Gasteiger partial charge is 0.376 e. The van der Waals surface area contributed by atoms with Crippen LogP contribution in [0.5, 0.6) is 0 Å². The number of carbonyl (C=O) groups is 1. The standard InChI is InChI=1S/C24H30N4O3/c1-6-27(7-2)31-24(29)19-20(17-11-9-8-10-12-17)26-21-18(22(19)30-5)13-14-28-16(4)15(3)25-23(21)28/h8-14,19-20,22,26H,6-7H2,1-5H3/t19-,20+,22+/m1/s1. The first-order valence-electron chi connectivity index (χ1n) is 10.8. The lowest BCUT2D eigenvalue weighted by atomic mass is 9.81. The van der Waals surface area contributed by atoms with Crippen LogP contribution in [0.2, 0.25) is 0 Å². The number of pyridine rings is 1. The van der Waals surface area contributed by atoms with E-state index in [2.05, 4.69) is 16.6 Å². The molecule has 1 aromatic carbocycles. The molecule has 0 fully saturated rings. The molecule has 0 bridgehead atoms. The van der Waals surface area contributed by atoms with Gasteiger partial charge in [-0.3, -0.25) is 0 Å². The first kappa shape index (κ1) is 21.3. The molecule has 0 saturated heterocycles. The Kier molecular flexibility index (Phi) is 5.98. The first-order chi connectivity index (χ1) is 15.0. The third-order valence-electron chi connectivity index (χ3n) is 6.20. The van der Waals surface area contributed by atoms with Crippen LogP contribution < -0.4 is 5.32 Å². The zero-order chi connectivity index (χ0) is 22.1. The summed E-state index contributed by atoms with van der Waals surface area (Å²) in [6, 6.07) is 11.7. The predicted octanol–water partition coefficient (Wildman–Crippen LogP) is 4.22. The van der Waals surface area contributed by atoms with Crippen molar-refractivity contribution >= 4 is 17.3 Å². The van der Waals surface area contributed by atoms with E-state index in [1.54, 1.807) is 12.2 Å². The minimum atomic E-state index is -0.555. The average Bonchev–Trinajstić information content (AvgIpc) is 3.10. The highest BCUT2D eigenvalue weighted by molar-refractivity contribution is 5.82. The fourth-order valence-corrected chi connectivity index (χ4v) is 4.38. The molecule has 1 N–H and O–H groups in total. The van der Waals surface area contributed by atoms with E-state index < -0.39 is 12.0 Å².